The van der Waals surface area contributed by atoms with Crippen molar-refractivity contribution in [2.75, 3.05) is 0 Å². The summed E-state index contributed by atoms with van der Waals surface area (Å²) in [5, 5.41) is 8.47. The van der Waals surface area contributed by atoms with Crippen LogP contribution in [0.25, 0.3) is 0 Å². The van der Waals surface area contributed by atoms with Gasteiger partial charge < -0.3 is 10.6 Å². The lowest BCUT2D eigenvalue weighted by atomic mass is 9.74. The Morgan fingerprint density at radius 3 is 1.38 bits per heavy atom. The van der Waals surface area contributed by atoms with Crippen molar-refractivity contribution in [1.82, 2.24) is 10.6 Å². The summed E-state index contributed by atoms with van der Waals surface area (Å²) >= 11 is 0. The minimum atomic E-state index is 0.704. The lowest BCUT2D eigenvalue weighted by molar-refractivity contribution is 0.122. The van der Waals surface area contributed by atoms with Gasteiger partial charge in [-0.15, -0.1) is 0 Å². The summed E-state index contributed by atoms with van der Waals surface area (Å²) in [6, 6.07) is 2.92. The van der Waals surface area contributed by atoms with Crippen molar-refractivity contribution in [2.45, 2.75) is 129 Å². The van der Waals surface area contributed by atoms with Crippen molar-refractivity contribution in [2.24, 2.45) is 23.7 Å². The summed E-state index contributed by atoms with van der Waals surface area (Å²) in [5.74, 6) is 3.51. The fourth-order valence-electron chi connectivity index (χ4n) is 6.59. The monoisotopic (exact) mass is 362 g/mol. The Morgan fingerprint density at radius 1 is 0.577 bits per heavy atom. The Labute approximate surface area is 163 Å². The number of rotatable bonds is 6. The minimum absolute atomic E-state index is 0.704. The lowest BCUT2D eigenvalue weighted by Gasteiger charge is -2.46. The average Bonchev–Trinajstić information content (AvgIpc) is 2.66. The first kappa shape index (κ1) is 20.6. The maximum Gasteiger partial charge on any atom is 0.0224 e. The van der Waals surface area contributed by atoms with Crippen LogP contribution in [0.3, 0.4) is 0 Å². The van der Waals surface area contributed by atoms with Gasteiger partial charge in [0.05, 0.1) is 0 Å². The van der Waals surface area contributed by atoms with E-state index in [1.807, 2.05) is 0 Å². The highest BCUT2D eigenvalue weighted by molar-refractivity contribution is 4.96. The van der Waals surface area contributed by atoms with Crippen LogP contribution in [0.15, 0.2) is 0 Å². The Morgan fingerprint density at radius 2 is 1.00 bits per heavy atom. The van der Waals surface area contributed by atoms with Gasteiger partial charge in [-0.25, -0.2) is 0 Å². The van der Waals surface area contributed by atoms with E-state index in [1.54, 1.807) is 0 Å². The van der Waals surface area contributed by atoms with Gasteiger partial charge in [0, 0.05) is 24.2 Å². The first-order valence-electron chi connectivity index (χ1n) is 12.2. The van der Waals surface area contributed by atoms with Gasteiger partial charge in [-0.2, -0.15) is 0 Å². The zero-order chi connectivity index (χ0) is 18.5. The maximum atomic E-state index is 4.23. The Balaban J connectivity index is 1.65. The Kier molecular flexibility index (Phi) is 7.88. The van der Waals surface area contributed by atoms with Crippen molar-refractivity contribution in [3.8, 4) is 0 Å². The molecule has 0 saturated heterocycles. The summed E-state index contributed by atoms with van der Waals surface area (Å²) in [5.41, 5.74) is 0. The molecular formula is C24H46N2. The third-order valence-electron chi connectivity index (χ3n) is 8.34. The Hall–Kier alpha value is -0.0800. The molecule has 2 heteroatoms. The van der Waals surface area contributed by atoms with Gasteiger partial charge in [0.25, 0.3) is 0 Å². The molecule has 2 nitrogen and oxygen atoms in total. The van der Waals surface area contributed by atoms with Gasteiger partial charge in [-0.1, -0.05) is 66.2 Å². The molecule has 3 aliphatic rings. The van der Waals surface area contributed by atoms with Crippen LogP contribution in [-0.4, -0.2) is 24.2 Å². The summed E-state index contributed by atoms with van der Waals surface area (Å²) in [7, 11) is 0. The highest BCUT2D eigenvalue weighted by atomic mass is 15.1. The van der Waals surface area contributed by atoms with E-state index in [9.17, 15) is 0 Å². The molecular weight excluding hydrogens is 316 g/mol. The highest BCUT2D eigenvalue weighted by Crippen LogP contribution is 2.35. The summed E-state index contributed by atoms with van der Waals surface area (Å²) in [4.78, 5) is 0. The smallest absolute Gasteiger partial charge is 0.0224 e. The molecule has 0 bridgehead atoms. The molecule has 3 fully saturated rings. The molecule has 3 rings (SSSR count). The molecule has 8 unspecified atom stereocenters. The SMILES string of the molecule is CCC1CCCC(C)C1NC1CCCCC1NC1C(C)CCCC1CC. The molecule has 0 radical (unpaired) electrons. The molecule has 0 heterocycles. The fraction of sp³-hybridized carbons (Fsp3) is 1.00. The van der Waals surface area contributed by atoms with E-state index in [-0.39, 0.29) is 0 Å². The third kappa shape index (κ3) is 4.85. The van der Waals surface area contributed by atoms with Crippen molar-refractivity contribution in [3.05, 3.63) is 0 Å². The van der Waals surface area contributed by atoms with Gasteiger partial charge in [-0.05, 0) is 62.2 Å². The average molecular weight is 363 g/mol. The molecule has 0 aromatic carbocycles. The van der Waals surface area contributed by atoms with Crippen molar-refractivity contribution in [1.29, 1.82) is 0 Å². The van der Waals surface area contributed by atoms with Gasteiger partial charge in [-0.3, -0.25) is 0 Å². The van der Waals surface area contributed by atoms with Crippen LogP contribution in [0, 0.1) is 23.7 Å². The lowest BCUT2D eigenvalue weighted by Crippen LogP contribution is -2.60. The summed E-state index contributed by atoms with van der Waals surface area (Å²) in [6.07, 6.45) is 17.0. The van der Waals surface area contributed by atoms with Crippen molar-refractivity contribution >= 4 is 0 Å². The standard InChI is InChI=1S/C24H46N2/c1-5-19-13-9-11-17(3)23(19)25-21-15-7-8-16-22(21)26-24-18(4)12-10-14-20(24)6-2/h17-26H,5-16H2,1-4H3. The van der Waals surface area contributed by atoms with Gasteiger partial charge in [0.1, 0.15) is 0 Å². The molecule has 2 N–H and O–H groups in total. The van der Waals surface area contributed by atoms with Crippen LogP contribution in [0.5, 0.6) is 0 Å². The van der Waals surface area contributed by atoms with E-state index in [4.69, 9.17) is 0 Å². The zero-order valence-corrected chi connectivity index (χ0v) is 18.1. The van der Waals surface area contributed by atoms with E-state index in [0.717, 1.165) is 35.8 Å². The molecule has 152 valence electrons. The Bertz CT molecular complexity index is 371. The quantitative estimate of drug-likeness (QED) is 0.614. The fourth-order valence-corrected chi connectivity index (χ4v) is 6.59. The van der Waals surface area contributed by atoms with E-state index < -0.39 is 0 Å². The van der Waals surface area contributed by atoms with E-state index in [0.29, 0.717) is 12.1 Å². The molecule has 0 aromatic rings. The largest absolute Gasteiger partial charge is 0.309 e. The maximum absolute atomic E-state index is 4.23. The highest BCUT2D eigenvalue weighted by Gasteiger charge is 2.37. The van der Waals surface area contributed by atoms with E-state index in [1.165, 1.54) is 77.0 Å². The molecule has 0 spiro atoms. The number of hydrogen-bond donors (Lipinski definition) is 2. The molecule has 0 aliphatic heterocycles. The van der Waals surface area contributed by atoms with Crippen LogP contribution >= 0.6 is 0 Å². The van der Waals surface area contributed by atoms with Crippen LogP contribution in [0.4, 0.5) is 0 Å². The number of nitrogens with one attached hydrogen (secondary N) is 2. The summed E-state index contributed by atoms with van der Waals surface area (Å²) < 4.78 is 0. The predicted molar refractivity (Wildman–Crippen MR) is 113 cm³/mol. The normalized spacial score (nSPS) is 44.8. The second-order valence-corrected chi connectivity index (χ2v) is 10.0. The van der Waals surface area contributed by atoms with Crippen molar-refractivity contribution < 1.29 is 0 Å². The third-order valence-corrected chi connectivity index (χ3v) is 8.34. The molecule has 26 heavy (non-hydrogen) atoms. The number of hydrogen-bond acceptors (Lipinski definition) is 2. The molecule has 0 aromatic heterocycles. The van der Waals surface area contributed by atoms with Crippen molar-refractivity contribution in [3.63, 3.8) is 0 Å². The van der Waals surface area contributed by atoms with Crippen LogP contribution in [-0.2, 0) is 0 Å². The first-order chi connectivity index (χ1) is 12.6. The van der Waals surface area contributed by atoms with E-state index >= 15 is 0 Å². The predicted octanol–water partition coefficient (Wildman–Crippen LogP) is 5.91. The van der Waals surface area contributed by atoms with Gasteiger partial charge in [0.15, 0.2) is 0 Å². The molecule has 3 aliphatic carbocycles. The second-order valence-electron chi connectivity index (χ2n) is 10.0. The topological polar surface area (TPSA) is 24.1 Å². The van der Waals surface area contributed by atoms with Crippen LogP contribution in [0.1, 0.15) is 105 Å². The second kappa shape index (κ2) is 9.92. The van der Waals surface area contributed by atoms with E-state index in [2.05, 4.69) is 38.3 Å². The minimum Gasteiger partial charge on any atom is -0.309 e. The molecule has 8 atom stereocenters. The molecule has 3 saturated carbocycles. The van der Waals surface area contributed by atoms with Crippen LogP contribution < -0.4 is 10.6 Å². The van der Waals surface area contributed by atoms with Gasteiger partial charge in [0.2, 0.25) is 0 Å². The first-order valence-corrected chi connectivity index (χ1v) is 12.2. The molecule has 0 amide bonds. The summed E-state index contributed by atoms with van der Waals surface area (Å²) in [6.45, 7) is 9.81. The zero-order valence-electron chi connectivity index (χ0n) is 18.1. The van der Waals surface area contributed by atoms with Crippen LogP contribution in [0.2, 0.25) is 0 Å². The van der Waals surface area contributed by atoms with Gasteiger partial charge >= 0.3 is 0 Å².